The van der Waals surface area contributed by atoms with Crippen LogP contribution in [0.2, 0.25) is 10.2 Å². The van der Waals surface area contributed by atoms with Gasteiger partial charge in [-0.15, -0.1) is 0 Å². The highest BCUT2D eigenvalue weighted by Crippen LogP contribution is 2.24. The normalized spacial score (nSPS) is 12.2. The summed E-state index contributed by atoms with van der Waals surface area (Å²) < 4.78 is 0. The van der Waals surface area contributed by atoms with Crippen molar-refractivity contribution in [3.05, 3.63) is 58.3 Å². The number of halogens is 2. The fraction of sp³-hybridized carbons (Fsp3) is 0.214. The zero-order valence-corrected chi connectivity index (χ0v) is 11.5. The van der Waals surface area contributed by atoms with Gasteiger partial charge in [-0.05, 0) is 36.2 Å². The minimum absolute atomic E-state index is 0.237. The van der Waals surface area contributed by atoms with E-state index in [1.807, 2.05) is 36.4 Å². The molecular formula is C14H14Cl2N2. The molecule has 1 aromatic carbocycles. The first-order chi connectivity index (χ1) is 8.69. The van der Waals surface area contributed by atoms with Crippen LogP contribution in [0.5, 0.6) is 0 Å². The SMILES string of the molecule is CCC(Nc1ccnc(Cl)c1)c1ccc(Cl)cc1. The summed E-state index contributed by atoms with van der Waals surface area (Å²) in [5.74, 6) is 0. The van der Waals surface area contributed by atoms with Gasteiger partial charge in [-0.1, -0.05) is 42.3 Å². The van der Waals surface area contributed by atoms with Gasteiger partial charge in [-0.2, -0.15) is 0 Å². The van der Waals surface area contributed by atoms with Crippen molar-refractivity contribution in [1.82, 2.24) is 4.98 Å². The van der Waals surface area contributed by atoms with Crippen LogP contribution >= 0.6 is 23.2 Å². The standard InChI is InChI=1S/C14H14Cl2N2/c1-2-13(10-3-5-11(15)6-4-10)18-12-7-8-17-14(16)9-12/h3-9,13H,2H2,1H3,(H,17,18). The van der Waals surface area contributed by atoms with E-state index in [4.69, 9.17) is 23.2 Å². The summed E-state index contributed by atoms with van der Waals surface area (Å²) in [6, 6.07) is 11.8. The van der Waals surface area contributed by atoms with E-state index >= 15 is 0 Å². The number of anilines is 1. The first-order valence-electron chi connectivity index (χ1n) is 5.82. The van der Waals surface area contributed by atoms with Gasteiger partial charge >= 0.3 is 0 Å². The summed E-state index contributed by atoms with van der Waals surface area (Å²) >= 11 is 11.8. The van der Waals surface area contributed by atoms with Crippen molar-refractivity contribution in [1.29, 1.82) is 0 Å². The van der Waals surface area contributed by atoms with E-state index in [0.717, 1.165) is 17.1 Å². The summed E-state index contributed by atoms with van der Waals surface area (Å²) in [6.07, 6.45) is 2.67. The van der Waals surface area contributed by atoms with Crippen LogP contribution in [-0.2, 0) is 0 Å². The summed E-state index contributed by atoms with van der Waals surface area (Å²) in [7, 11) is 0. The Morgan fingerprint density at radius 1 is 1.17 bits per heavy atom. The molecule has 2 nitrogen and oxygen atoms in total. The molecule has 0 spiro atoms. The summed E-state index contributed by atoms with van der Waals surface area (Å²) in [6.45, 7) is 2.13. The predicted molar refractivity (Wildman–Crippen MR) is 77.4 cm³/mol. The van der Waals surface area contributed by atoms with Crippen LogP contribution in [-0.4, -0.2) is 4.98 Å². The fourth-order valence-electron chi connectivity index (χ4n) is 1.81. The van der Waals surface area contributed by atoms with Crippen molar-refractivity contribution in [2.75, 3.05) is 5.32 Å². The molecule has 0 fully saturated rings. The average Bonchev–Trinajstić information content (AvgIpc) is 2.37. The predicted octanol–water partition coefficient (Wildman–Crippen LogP) is 4.95. The topological polar surface area (TPSA) is 24.9 Å². The average molecular weight is 281 g/mol. The molecular weight excluding hydrogens is 267 g/mol. The zero-order chi connectivity index (χ0) is 13.0. The Labute approximate surface area is 117 Å². The number of pyridine rings is 1. The quantitative estimate of drug-likeness (QED) is 0.802. The van der Waals surface area contributed by atoms with E-state index in [1.54, 1.807) is 6.20 Å². The lowest BCUT2D eigenvalue weighted by atomic mass is 10.0. The minimum Gasteiger partial charge on any atom is -0.378 e. The number of rotatable bonds is 4. The van der Waals surface area contributed by atoms with Gasteiger partial charge < -0.3 is 5.32 Å². The number of hydrogen-bond acceptors (Lipinski definition) is 2. The van der Waals surface area contributed by atoms with Crippen LogP contribution in [0.25, 0.3) is 0 Å². The van der Waals surface area contributed by atoms with Crippen molar-refractivity contribution < 1.29 is 0 Å². The third-order valence-corrected chi connectivity index (χ3v) is 3.21. The maximum Gasteiger partial charge on any atom is 0.131 e. The Morgan fingerprint density at radius 3 is 2.50 bits per heavy atom. The fourth-order valence-corrected chi connectivity index (χ4v) is 2.11. The number of nitrogens with one attached hydrogen (secondary N) is 1. The summed E-state index contributed by atoms with van der Waals surface area (Å²) in [4.78, 5) is 3.97. The van der Waals surface area contributed by atoms with Crippen molar-refractivity contribution in [2.24, 2.45) is 0 Å². The summed E-state index contributed by atoms with van der Waals surface area (Å²) in [5.41, 5.74) is 2.17. The maximum atomic E-state index is 5.89. The zero-order valence-electron chi connectivity index (χ0n) is 10.0. The molecule has 0 aliphatic rings. The highest BCUT2D eigenvalue weighted by molar-refractivity contribution is 6.30. The second-order valence-corrected chi connectivity index (χ2v) is 4.85. The smallest absolute Gasteiger partial charge is 0.131 e. The molecule has 4 heteroatoms. The molecule has 1 heterocycles. The molecule has 94 valence electrons. The molecule has 1 N–H and O–H groups in total. The molecule has 0 aliphatic carbocycles. The van der Waals surface area contributed by atoms with E-state index in [9.17, 15) is 0 Å². The van der Waals surface area contributed by atoms with Gasteiger partial charge in [0.15, 0.2) is 0 Å². The van der Waals surface area contributed by atoms with Crippen molar-refractivity contribution in [2.45, 2.75) is 19.4 Å². The monoisotopic (exact) mass is 280 g/mol. The van der Waals surface area contributed by atoms with Gasteiger partial charge in [0.2, 0.25) is 0 Å². The second-order valence-electron chi connectivity index (χ2n) is 4.02. The maximum absolute atomic E-state index is 5.89. The van der Waals surface area contributed by atoms with E-state index in [-0.39, 0.29) is 6.04 Å². The van der Waals surface area contributed by atoms with Crippen molar-refractivity contribution in [3.63, 3.8) is 0 Å². The molecule has 1 aromatic heterocycles. The molecule has 2 rings (SSSR count). The lowest BCUT2D eigenvalue weighted by Gasteiger charge is -2.18. The molecule has 1 unspecified atom stereocenters. The van der Waals surface area contributed by atoms with Gasteiger partial charge in [-0.25, -0.2) is 4.98 Å². The Morgan fingerprint density at radius 2 is 1.89 bits per heavy atom. The van der Waals surface area contributed by atoms with Crippen LogP contribution in [0.4, 0.5) is 5.69 Å². The lowest BCUT2D eigenvalue weighted by Crippen LogP contribution is -2.09. The third-order valence-electron chi connectivity index (χ3n) is 2.75. The van der Waals surface area contributed by atoms with Crippen LogP contribution in [0.1, 0.15) is 24.9 Å². The molecule has 1 atom stereocenters. The van der Waals surface area contributed by atoms with Crippen molar-refractivity contribution in [3.8, 4) is 0 Å². The first kappa shape index (κ1) is 13.2. The molecule has 2 aromatic rings. The van der Waals surface area contributed by atoms with Gasteiger partial charge in [0, 0.05) is 16.9 Å². The Bertz CT molecular complexity index is 511. The first-order valence-corrected chi connectivity index (χ1v) is 6.58. The van der Waals surface area contributed by atoms with Crippen LogP contribution < -0.4 is 5.32 Å². The molecule has 0 saturated heterocycles. The number of benzene rings is 1. The van der Waals surface area contributed by atoms with E-state index in [2.05, 4.69) is 17.2 Å². The van der Waals surface area contributed by atoms with Gasteiger partial charge in [-0.3, -0.25) is 0 Å². The highest BCUT2D eigenvalue weighted by Gasteiger charge is 2.09. The van der Waals surface area contributed by atoms with Gasteiger partial charge in [0.25, 0.3) is 0 Å². The largest absolute Gasteiger partial charge is 0.378 e. The molecule has 0 saturated carbocycles. The number of nitrogens with zero attached hydrogens (tertiary/aromatic N) is 1. The second kappa shape index (κ2) is 6.07. The molecule has 0 radical (unpaired) electrons. The van der Waals surface area contributed by atoms with Gasteiger partial charge in [0.1, 0.15) is 5.15 Å². The van der Waals surface area contributed by atoms with Crippen molar-refractivity contribution >= 4 is 28.9 Å². The lowest BCUT2D eigenvalue weighted by molar-refractivity contribution is 0.749. The number of hydrogen-bond donors (Lipinski definition) is 1. The summed E-state index contributed by atoms with van der Waals surface area (Å²) in [5, 5.41) is 4.68. The molecule has 0 aliphatic heterocycles. The minimum atomic E-state index is 0.237. The molecule has 18 heavy (non-hydrogen) atoms. The Kier molecular flexibility index (Phi) is 4.45. The highest BCUT2D eigenvalue weighted by atomic mass is 35.5. The van der Waals surface area contributed by atoms with E-state index in [1.165, 1.54) is 5.56 Å². The van der Waals surface area contributed by atoms with Crippen LogP contribution in [0, 0.1) is 0 Å². The van der Waals surface area contributed by atoms with Gasteiger partial charge in [0.05, 0.1) is 6.04 Å². The van der Waals surface area contributed by atoms with Crippen LogP contribution in [0.15, 0.2) is 42.6 Å². The molecule has 0 bridgehead atoms. The molecule has 0 amide bonds. The van der Waals surface area contributed by atoms with E-state index in [0.29, 0.717) is 5.15 Å². The Balaban J connectivity index is 2.17. The van der Waals surface area contributed by atoms with E-state index < -0.39 is 0 Å². The Hall–Kier alpha value is -1.25. The van der Waals surface area contributed by atoms with Crippen LogP contribution in [0.3, 0.4) is 0 Å². The number of aromatic nitrogens is 1. The third kappa shape index (κ3) is 3.37.